The van der Waals surface area contributed by atoms with E-state index < -0.39 is 0 Å². The van der Waals surface area contributed by atoms with Crippen molar-refractivity contribution in [1.29, 1.82) is 5.26 Å². The van der Waals surface area contributed by atoms with E-state index in [0.29, 0.717) is 45.4 Å². The van der Waals surface area contributed by atoms with Crippen LogP contribution in [0.2, 0.25) is 0 Å². The summed E-state index contributed by atoms with van der Waals surface area (Å²) >= 11 is 1.37. The Bertz CT molecular complexity index is 925. The molecule has 148 valence electrons. The second kappa shape index (κ2) is 9.82. The molecule has 8 nitrogen and oxygen atoms in total. The molecule has 0 radical (unpaired) electrons. The predicted octanol–water partition coefficient (Wildman–Crippen LogP) is 2.71. The highest BCUT2D eigenvalue weighted by Crippen LogP contribution is 2.43. The van der Waals surface area contributed by atoms with Crippen LogP contribution in [0.4, 0.5) is 5.82 Å². The molecule has 0 unspecified atom stereocenters. The normalized spacial score (nSPS) is 10.8. The number of benzene rings is 1. The molecule has 0 atom stereocenters. The third-order valence-electron chi connectivity index (χ3n) is 3.88. The quantitative estimate of drug-likeness (QED) is 0.392. The number of nitriles is 1. The van der Waals surface area contributed by atoms with Gasteiger partial charge in [0.05, 0.1) is 26.4 Å². The molecule has 1 aromatic heterocycles. The standard InChI is InChI=1S/C19H22N4O4S/c1-22-10-13-16(11-7-14(24)17(27-4)15(8-11)26-3)12(9-20)19(23-18(13)21)28-6-5-25-2/h7-8,10,24H,5-6H2,1-4H3,(H2,21,23). The van der Waals surface area contributed by atoms with Crippen LogP contribution in [0.25, 0.3) is 11.1 Å². The number of pyridine rings is 1. The molecule has 0 fully saturated rings. The van der Waals surface area contributed by atoms with Gasteiger partial charge in [-0.25, -0.2) is 4.98 Å². The number of phenols is 1. The summed E-state index contributed by atoms with van der Waals surface area (Å²) in [6, 6.07) is 5.37. The minimum absolute atomic E-state index is 0.121. The van der Waals surface area contributed by atoms with Gasteiger partial charge in [-0.05, 0) is 17.7 Å². The fourth-order valence-corrected chi connectivity index (χ4v) is 3.57. The van der Waals surface area contributed by atoms with Gasteiger partial charge in [-0.15, -0.1) is 11.8 Å². The Kier molecular flexibility index (Phi) is 7.49. The van der Waals surface area contributed by atoms with Gasteiger partial charge in [-0.2, -0.15) is 5.26 Å². The fraction of sp³-hybridized carbons (Fsp3) is 0.316. The number of hydrogen-bond acceptors (Lipinski definition) is 9. The smallest absolute Gasteiger partial charge is 0.203 e. The number of methoxy groups -OCH3 is 3. The molecule has 0 spiro atoms. The zero-order chi connectivity index (χ0) is 20.7. The number of hydrogen-bond donors (Lipinski definition) is 2. The molecule has 0 bridgehead atoms. The second-order valence-electron chi connectivity index (χ2n) is 5.54. The maximum atomic E-state index is 10.4. The molecule has 0 aliphatic carbocycles. The van der Waals surface area contributed by atoms with E-state index in [2.05, 4.69) is 16.0 Å². The summed E-state index contributed by atoms with van der Waals surface area (Å²) < 4.78 is 15.6. The van der Waals surface area contributed by atoms with Crippen molar-refractivity contribution < 1.29 is 19.3 Å². The summed E-state index contributed by atoms with van der Waals surface area (Å²) in [5.74, 6) is 1.24. The number of ether oxygens (including phenoxy) is 3. The van der Waals surface area contributed by atoms with Crippen molar-refractivity contribution in [2.24, 2.45) is 4.99 Å². The molecule has 3 N–H and O–H groups in total. The van der Waals surface area contributed by atoms with Gasteiger partial charge in [0, 0.05) is 37.3 Å². The van der Waals surface area contributed by atoms with Gasteiger partial charge in [-0.3, -0.25) is 4.99 Å². The molecule has 0 amide bonds. The molecule has 2 rings (SSSR count). The van der Waals surface area contributed by atoms with Crippen LogP contribution in [-0.2, 0) is 4.74 Å². The average Bonchev–Trinajstić information content (AvgIpc) is 2.69. The molecule has 0 saturated carbocycles. The molecule has 0 aliphatic heterocycles. The summed E-state index contributed by atoms with van der Waals surface area (Å²) in [6.45, 7) is 0.502. The van der Waals surface area contributed by atoms with Crippen LogP contribution < -0.4 is 15.2 Å². The van der Waals surface area contributed by atoms with E-state index >= 15 is 0 Å². The van der Waals surface area contributed by atoms with Crippen LogP contribution in [0.3, 0.4) is 0 Å². The zero-order valence-electron chi connectivity index (χ0n) is 16.1. The number of nitrogens with zero attached hydrogens (tertiary/aromatic N) is 3. The summed E-state index contributed by atoms with van der Waals surface area (Å²) in [4.78, 5) is 8.40. The van der Waals surface area contributed by atoms with Crippen LogP contribution in [-0.4, -0.2) is 57.0 Å². The number of anilines is 1. The van der Waals surface area contributed by atoms with Gasteiger partial charge in [0.1, 0.15) is 16.9 Å². The van der Waals surface area contributed by atoms with Gasteiger partial charge in [0.2, 0.25) is 5.75 Å². The number of aromatic hydroxyl groups is 1. The number of nitrogen functional groups attached to an aromatic ring is 1. The maximum absolute atomic E-state index is 10.4. The van der Waals surface area contributed by atoms with Crippen molar-refractivity contribution in [3.8, 4) is 34.4 Å². The van der Waals surface area contributed by atoms with Gasteiger partial charge < -0.3 is 25.1 Å². The van der Waals surface area contributed by atoms with Crippen LogP contribution in [0.15, 0.2) is 22.2 Å². The molecule has 2 aromatic rings. The molecule has 0 saturated heterocycles. The first-order chi connectivity index (χ1) is 13.5. The molecule has 1 aromatic carbocycles. The van der Waals surface area contributed by atoms with Crippen LogP contribution in [0.5, 0.6) is 17.2 Å². The number of nitrogens with two attached hydrogens (primary N) is 1. The maximum Gasteiger partial charge on any atom is 0.203 e. The lowest BCUT2D eigenvalue weighted by Crippen LogP contribution is -2.06. The number of thioether (sulfide) groups is 1. The van der Waals surface area contributed by atoms with Crippen LogP contribution in [0, 0.1) is 11.3 Å². The first kappa shape index (κ1) is 21.3. The predicted molar refractivity (Wildman–Crippen MR) is 110 cm³/mol. The van der Waals surface area contributed by atoms with E-state index in [1.807, 2.05) is 0 Å². The van der Waals surface area contributed by atoms with Crippen LogP contribution >= 0.6 is 11.8 Å². The Morgan fingerprint density at radius 3 is 2.64 bits per heavy atom. The summed E-state index contributed by atoms with van der Waals surface area (Å²) in [5, 5.41) is 20.7. The van der Waals surface area contributed by atoms with Crippen molar-refractivity contribution in [2.45, 2.75) is 5.03 Å². The van der Waals surface area contributed by atoms with E-state index in [0.717, 1.165) is 0 Å². The highest BCUT2D eigenvalue weighted by atomic mass is 32.2. The summed E-state index contributed by atoms with van der Waals surface area (Å²) in [6.07, 6.45) is 1.54. The number of phenolic OH excluding ortho intramolecular Hbond substituents is 1. The molecular formula is C19H22N4O4S. The molecule has 1 heterocycles. The van der Waals surface area contributed by atoms with E-state index in [4.69, 9.17) is 19.9 Å². The monoisotopic (exact) mass is 402 g/mol. The lowest BCUT2D eigenvalue weighted by atomic mass is 9.96. The highest BCUT2D eigenvalue weighted by molar-refractivity contribution is 7.99. The SMILES string of the molecule is CN=Cc1c(N)nc(SCCOC)c(C#N)c1-c1cc(O)c(OC)c(OC)c1. The second-order valence-corrected chi connectivity index (χ2v) is 6.62. The lowest BCUT2D eigenvalue weighted by molar-refractivity contribution is 0.218. The Labute approximate surface area is 168 Å². The first-order valence-electron chi connectivity index (χ1n) is 8.25. The van der Waals surface area contributed by atoms with Crippen molar-refractivity contribution in [3.63, 3.8) is 0 Å². The minimum atomic E-state index is -0.121. The van der Waals surface area contributed by atoms with Gasteiger partial charge in [-0.1, -0.05) is 0 Å². The Morgan fingerprint density at radius 2 is 2.07 bits per heavy atom. The van der Waals surface area contributed by atoms with Crippen molar-refractivity contribution in [3.05, 3.63) is 23.3 Å². The summed E-state index contributed by atoms with van der Waals surface area (Å²) in [5.41, 5.74) is 8.02. The lowest BCUT2D eigenvalue weighted by Gasteiger charge is -2.17. The Morgan fingerprint density at radius 1 is 1.32 bits per heavy atom. The topological polar surface area (TPSA) is 123 Å². The molecule has 0 aliphatic rings. The van der Waals surface area contributed by atoms with E-state index in [-0.39, 0.29) is 17.3 Å². The summed E-state index contributed by atoms with van der Waals surface area (Å²) in [7, 11) is 6.10. The number of rotatable bonds is 8. The largest absolute Gasteiger partial charge is 0.504 e. The van der Waals surface area contributed by atoms with E-state index in [1.54, 1.807) is 20.2 Å². The molecular weight excluding hydrogens is 380 g/mol. The third-order valence-corrected chi connectivity index (χ3v) is 4.81. The van der Waals surface area contributed by atoms with Crippen molar-refractivity contribution >= 4 is 23.8 Å². The van der Waals surface area contributed by atoms with Crippen LogP contribution in [0.1, 0.15) is 11.1 Å². The van der Waals surface area contributed by atoms with Gasteiger partial charge in [0.15, 0.2) is 11.5 Å². The highest BCUT2D eigenvalue weighted by Gasteiger charge is 2.22. The first-order valence-corrected chi connectivity index (χ1v) is 9.23. The number of aliphatic imine (C=N–C) groups is 1. The Balaban J connectivity index is 2.80. The average molecular weight is 402 g/mol. The zero-order valence-corrected chi connectivity index (χ0v) is 17.0. The minimum Gasteiger partial charge on any atom is -0.504 e. The fourth-order valence-electron chi connectivity index (χ4n) is 2.67. The van der Waals surface area contributed by atoms with Crippen molar-refractivity contribution in [1.82, 2.24) is 4.98 Å². The number of aromatic nitrogens is 1. The third kappa shape index (κ3) is 4.30. The Hall–Kier alpha value is -2.96. The van der Waals surface area contributed by atoms with Gasteiger partial charge in [0.25, 0.3) is 0 Å². The van der Waals surface area contributed by atoms with E-state index in [9.17, 15) is 10.4 Å². The van der Waals surface area contributed by atoms with Crippen molar-refractivity contribution in [2.75, 3.05) is 46.5 Å². The molecule has 9 heteroatoms. The van der Waals surface area contributed by atoms with E-state index in [1.165, 1.54) is 38.3 Å². The molecule has 28 heavy (non-hydrogen) atoms. The van der Waals surface area contributed by atoms with Gasteiger partial charge >= 0.3 is 0 Å².